The summed E-state index contributed by atoms with van der Waals surface area (Å²) in [6, 6.07) is 21.6. The Balaban J connectivity index is 1.48. The van der Waals surface area contributed by atoms with E-state index in [-0.39, 0.29) is 17.8 Å². The molecule has 2 heterocycles. The van der Waals surface area contributed by atoms with Crippen LogP contribution in [0, 0.1) is 6.92 Å². The highest BCUT2D eigenvalue weighted by atomic mass is 16.5. The summed E-state index contributed by atoms with van der Waals surface area (Å²) < 4.78 is 21.1. The number of aromatic nitrogens is 3. The van der Waals surface area contributed by atoms with Gasteiger partial charge in [-0.3, -0.25) is 4.79 Å². The molecule has 208 valence electrons. The van der Waals surface area contributed by atoms with E-state index in [0.29, 0.717) is 33.9 Å². The van der Waals surface area contributed by atoms with Gasteiger partial charge in [-0.25, -0.2) is 14.8 Å². The van der Waals surface area contributed by atoms with Gasteiger partial charge in [0, 0.05) is 17.2 Å². The Morgan fingerprint density at radius 1 is 0.829 bits per heavy atom. The van der Waals surface area contributed by atoms with E-state index >= 15 is 0 Å². The van der Waals surface area contributed by atoms with Gasteiger partial charge in [0.25, 0.3) is 5.91 Å². The van der Waals surface area contributed by atoms with Crippen molar-refractivity contribution < 1.29 is 28.3 Å². The van der Waals surface area contributed by atoms with E-state index < -0.39 is 18.0 Å². The third-order valence-electron chi connectivity index (χ3n) is 6.42. The minimum Gasteiger partial charge on any atom is -0.497 e. The van der Waals surface area contributed by atoms with Crippen LogP contribution < -0.4 is 14.8 Å². The van der Waals surface area contributed by atoms with Crippen molar-refractivity contribution in [2.24, 2.45) is 0 Å². The van der Waals surface area contributed by atoms with Crippen LogP contribution in [0.3, 0.4) is 0 Å². The number of esters is 1. The Hall–Kier alpha value is -5.25. The van der Waals surface area contributed by atoms with Crippen molar-refractivity contribution in [2.45, 2.75) is 26.4 Å². The molecule has 10 nitrogen and oxygen atoms in total. The average molecular weight is 553 g/mol. The van der Waals surface area contributed by atoms with Gasteiger partial charge in [0.1, 0.15) is 17.3 Å². The summed E-state index contributed by atoms with van der Waals surface area (Å²) in [5.74, 6) is 1.09. The number of amides is 1. The average Bonchev–Trinajstić information content (AvgIpc) is 3.42. The molecular weight excluding hydrogens is 524 g/mol. The number of nitrogens with zero attached hydrogens (tertiary/aromatic N) is 3. The third-order valence-corrected chi connectivity index (χ3v) is 6.42. The number of hydrogen-bond acceptors (Lipinski definition) is 9. The summed E-state index contributed by atoms with van der Waals surface area (Å²) in [7, 11) is 3.22. The lowest BCUT2D eigenvalue weighted by atomic mass is 10.0. The van der Waals surface area contributed by atoms with Crippen LogP contribution in [0.5, 0.6) is 11.5 Å². The van der Waals surface area contributed by atoms with Crippen molar-refractivity contribution in [3.63, 3.8) is 0 Å². The Morgan fingerprint density at radius 3 is 1.93 bits per heavy atom. The number of carbonyl (C=O) groups excluding carboxylic acids is 2. The number of nitrogens with one attached hydrogen (secondary N) is 1. The quantitative estimate of drug-likeness (QED) is 0.224. The van der Waals surface area contributed by atoms with Gasteiger partial charge in [0.05, 0.1) is 42.2 Å². The number of hydrogen-bond donors (Lipinski definition) is 1. The fourth-order valence-corrected chi connectivity index (χ4v) is 4.23. The van der Waals surface area contributed by atoms with E-state index in [0.717, 1.165) is 16.9 Å². The van der Waals surface area contributed by atoms with Gasteiger partial charge in [-0.1, -0.05) is 12.1 Å². The molecule has 41 heavy (non-hydrogen) atoms. The molecule has 1 atom stereocenters. The maximum Gasteiger partial charge on any atom is 0.338 e. The largest absolute Gasteiger partial charge is 0.497 e. The predicted octanol–water partition coefficient (Wildman–Crippen LogP) is 5.85. The van der Waals surface area contributed by atoms with Crippen molar-refractivity contribution in [3.05, 3.63) is 84.1 Å². The SMILES string of the molecule is CCC(OC(=O)c1ccc2nc(-c3ccc(OC)cc3)c(-c3ccc(OC)cc3)nc2c1)C(=O)Nc1cc(C)on1. The molecule has 2 aromatic heterocycles. The lowest BCUT2D eigenvalue weighted by Crippen LogP contribution is -2.32. The Kier molecular flexibility index (Phi) is 7.91. The normalized spacial score (nSPS) is 11.6. The van der Waals surface area contributed by atoms with E-state index in [1.165, 1.54) is 0 Å². The molecule has 0 saturated heterocycles. The van der Waals surface area contributed by atoms with Gasteiger partial charge in [-0.2, -0.15) is 0 Å². The molecule has 0 fully saturated rings. The second-order valence-corrected chi connectivity index (χ2v) is 9.20. The molecule has 1 N–H and O–H groups in total. The van der Waals surface area contributed by atoms with Gasteiger partial charge < -0.3 is 24.1 Å². The maximum atomic E-state index is 13.1. The van der Waals surface area contributed by atoms with Crippen LogP contribution in [0.4, 0.5) is 5.82 Å². The topological polar surface area (TPSA) is 126 Å². The first-order valence-corrected chi connectivity index (χ1v) is 12.9. The van der Waals surface area contributed by atoms with Crippen molar-refractivity contribution in [1.82, 2.24) is 15.1 Å². The molecule has 1 unspecified atom stereocenters. The molecule has 1 amide bonds. The second-order valence-electron chi connectivity index (χ2n) is 9.20. The van der Waals surface area contributed by atoms with E-state index in [4.69, 9.17) is 28.7 Å². The van der Waals surface area contributed by atoms with Gasteiger partial charge >= 0.3 is 5.97 Å². The van der Waals surface area contributed by atoms with Gasteiger partial charge in [0.2, 0.25) is 0 Å². The second kappa shape index (κ2) is 11.9. The number of rotatable bonds is 9. The Bertz CT molecular complexity index is 1700. The summed E-state index contributed by atoms with van der Waals surface area (Å²) in [6.07, 6.45) is -0.747. The molecule has 0 aliphatic rings. The highest BCUT2D eigenvalue weighted by Gasteiger charge is 2.24. The van der Waals surface area contributed by atoms with Crippen LogP contribution in [0.2, 0.25) is 0 Å². The first-order valence-electron chi connectivity index (χ1n) is 12.9. The summed E-state index contributed by atoms with van der Waals surface area (Å²) in [5.41, 5.74) is 4.32. The molecule has 3 aromatic carbocycles. The third kappa shape index (κ3) is 6.01. The van der Waals surface area contributed by atoms with E-state index in [1.54, 1.807) is 52.3 Å². The van der Waals surface area contributed by atoms with E-state index in [9.17, 15) is 9.59 Å². The fraction of sp³-hybridized carbons (Fsp3) is 0.194. The summed E-state index contributed by atoms with van der Waals surface area (Å²) in [6.45, 7) is 3.46. The van der Waals surface area contributed by atoms with E-state index in [1.807, 2.05) is 48.5 Å². The highest BCUT2D eigenvalue weighted by molar-refractivity contribution is 5.99. The zero-order valence-electron chi connectivity index (χ0n) is 23.0. The Morgan fingerprint density at radius 2 is 1.41 bits per heavy atom. The van der Waals surface area contributed by atoms with Crippen LogP contribution in [0.15, 0.2) is 77.3 Å². The zero-order valence-corrected chi connectivity index (χ0v) is 23.0. The molecule has 0 spiro atoms. The monoisotopic (exact) mass is 552 g/mol. The smallest absolute Gasteiger partial charge is 0.338 e. The van der Waals surface area contributed by atoms with E-state index in [2.05, 4.69) is 10.5 Å². The number of aryl methyl sites for hydroxylation is 1. The lowest BCUT2D eigenvalue weighted by molar-refractivity contribution is -0.124. The number of benzene rings is 3. The van der Waals surface area contributed by atoms with Crippen molar-refractivity contribution >= 4 is 28.7 Å². The molecular formula is C31H28N4O6. The molecule has 0 aliphatic carbocycles. The Labute approximate surface area is 236 Å². The zero-order chi connectivity index (χ0) is 28.9. The molecule has 0 radical (unpaired) electrons. The highest BCUT2D eigenvalue weighted by Crippen LogP contribution is 2.33. The van der Waals surface area contributed by atoms with Gasteiger partial charge in [-0.15, -0.1) is 0 Å². The fourth-order valence-electron chi connectivity index (χ4n) is 4.23. The van der Waals surface area contributed by atoms with Crippen LogP contribution in [0.1, 0.15) is 29.5 Å². The molecule has 10 heteroatoms. The molecule has 0 saturated carbocycles. The summed E-state index contributed by atoms with van der Waals surface area (Å²) >= 11 is 0. The molecule has 5 aromatic rings. The predicted molar refractivity (Wildman–Crippen MR) is 153 cm³/mol. The number of fused-ring (bicyclic) bond motifs is 1. The number of ether oxygens (including phenoxy) is 3. The number of anilines is 1. The molecule has 0 bridgehead atoms. The van der Waals surface area contributed by atoms with Gasteiger partial charge in [-0.05, 0) is 80.1 Å². The van der Waals surface area contributed by atoms with Crippen LogP contribution in [-0.2, 0) is 9.53 Å². The maximum absolute atomic E-state index is 13.1. The summed E-state index contributed by atoms with van der Waals surface area (Å²) in [4.78, 5) is 35.6. The minimum absolute atomic E-state index is 0.244. The van der Waals surface area contributed by atoms with Crippen molar-refractivity contribution in [1.29, 1.82) is 0 Å². The first-order chi connectivity index (χ1) is 19.9. The van der Waals surface area contributed by atoms with Crippen molar-refractivity contribution in [3.8, 4) is 34.0 Å². The van der Waals surface area contributed by atoms with Crippen LogP contribution >= 0.6 is 0 Å². The number of carbonyl (C=O) groups is 2. The lowest BCUT2D eigenvalue weighted by Gasteiger charge is -2.15. The van der Waals surface area contributed by atoms with Crippen LogP contribution in [0.25, 0.3) is 33.5 Å². The standard InChI is InChI=1S/C31H28N4O6/c1-5-26(30(36)34-27-16-18(2)41-35-27)40-31(37)21-10-15-24-25(17-21)33-29(20-8-13-23(39-4)14-9-20)28(32-24)19-6-11-22(38-3)12-7-19/h6-17,26H,5H2,1-4H3,(H,34,35,36). The minimum atomic E-state index is -1.02. The first kappa shape index (κ1) is 27.3. The van der Waals surface area contributed by atoms with Gasteiger partial charge in [0.15, 0.2) is 11.9 Å². The summed E-state index contributed by atoms with van der Waals surface area (Å²) in [5, 5.41) is 6.35. The molecule has 5 rings (SSSR count). The number of methoxy groups -OCH3 is 2. The molecule has 0 aliphatic heterocycles. The van der Waals surface area contributed by atoms with Crippen LogP contribution in [-0.4, -0.2) is 47.3 Å². The van der Waals surface area contributed by atoms with Crippen molar-refractivity contribution in [2.75, 3.05) is 19.5 Å².